The standard InChI is InChI=1S/C19H17N3O3S/c1-14-5-4-6-16(13-14)22-26(24,25)17-10-8-15(9-11-17)21-19(23)18-7-2-3-12-20-18/h2-13,22H,1H3,(H,21,23). The minimum absolute atomic E-state index is 0.106. The smallest absolute Gasteiger partial charge is 0.274 e. The molecule has 0 aliphatic heterocycles. The van der Waals surface area contributed by atoms with Crippen molar-refractivity contribution >= 4 is 27.3 Å². The molecule has 3 aromatic rings. The van der Waals surface area contributed by atoms with Crippen LogP contribution in [0.4, 0.5) is 11.4 Å². The van der Waals surface area contributed by atoms with Crippen molar-refractivity contribution in [1.29, 1.82) is 0 Å². The SMILES string of the molecule is Cc1cccc(NS(=O)(=O)c2ccc(NC(=O)c3ccccn3)cc2)c1. The van der Waals surface area contributed by atoms with Crippen LogP contribution in [0.25, 0.3) is 0 Å². The molecule has 132 valence electrons. The van der Waals surface area contributed by atoms with E-state index in [-0.39, 0.29) is 16.5 Å². The van der Waals surface area contributed by atoms with Crippen LogP contribution in [-0.4, -0.2) is 19.3 Å². The van der Waals surface area contributed by atoms with Gasteiger partial charge in [0.05, 0.1) is 4.90 Å². The fourth-order valence-electron chi connectivity index (χ4n) is 2.33. The van der Waals surface area contributed by atoms with Crippen LogP contribution in [0.3, 0.4) is 0 Å². The zero-order chi connectivity index (χ0) is 18.6. The van der Waals surface area contributed by atoms with Crippen LogP contribution in [0.15, 0.2) is 77.8 Å². The zero-order valence-corrected chi connectivity index (χ0v) is 14.8. The fourth-order valence-corrected chi connectivity index (χ4v) is 3.38. The molecule has 0 unspecified atom stereocenters. The Balaban J connectivity index is 1.73. The van der Waals surface area contributed by atoms with Crippen molar-refractivity contribution in [1.82, 2.24) is 4.98 Å². The minimum Gasteiger partial charge on any atom is -0.321 e. The average Bonchev–Trinajstić information content (AvgIpc) is 2.62. The van der Waals surface area contributed by atoms with Gasteiger partial charge >= 0.3 is 0 Å². The number of nitrogens with zero attached hydrogens (tertiary/aromatic N) is 1. The topological polar surface area (TPSA) is 88.2 Å². The second-order valence-corrected chi connectivity index (χ2v) is 7.35. The third-order valence-electron chi connectivity index (χ3n) is 3.59. The number of nitrogens with one attached hydrogen (secondary N) is 2. The molecular formula is C19H17N3O3S. The number of aromatic nitrogens is 1. The van der Waals surface area contributed by atoms with Crippen LogP contribution < -0.4 is 10.0 Å². The molecule has 1 heterocycles. The number of carbonyl (C=O) groups excluding carboxylic acids is 1. The first-order valence-corrected chi connectivity index (χ1v) is 9.34. The van der Waals surface area contributed by atoms with Gasteiger partial charge in [-0.15, -0.1) is 0 Å². The van der Waals surface area contributed by atoms with E-state index in [0.29, 0.717) is 11.4 Å². The summed E-state index contributed by atoms with van der Waals surface area (Å²) in [6, 6.07) is 18.1. The summed E-state index contributed by atoms with van der Waals surface area (Å²) in [6.45, 7) is 1.89. The Morgan fingerprint density at radius 3 is 2.35 bits per heavy atom. The maximum absolute atomic E-state index is 12.5. The summed E-state index contributed by atoms with van der Waals surface area (Å²) in [6.07, 6.45) is 1.53. The molecule has 0 fully saturated rings. The number of hydrogen-bond acceptors (Lipinski definition) is 4. The summed E-state index contributed by atoms with van der Waals surface area (Å²) < 4.78 is 27.5. The molecule has 3 rings (SSSR count). The summed E-state index contributed by atoms with van der Waals surface area (Å²) in [5.41, 5.74) is 2.22. The van der Waals surface area contributed by atoms with Crippen LogP contribution in [0.2, 0.25) is 0 Å². The Hall–Kier alpha value is -3.19. The molecule has 0 saturated heterocycles. The molecule has 0 spiro atoms. The molecule has 6 nitrogen and oxygen atoms in total. The Kier molecular flexibility index (Phi) is 4.99. The predicted molar refractivity (Wildman–Crippen MR) is 101 cm³/mol. The lowest BCUT2D eigenvalue weighted by molar-refractivity contribution is 0.102. The van der Waals surface area contributed by atoms with Crippen LogP contribution in [0, 0.1) is 6.92 Å². The molecule has 2 N–H and O–H groups in total. The Labute approximate surface area is 152 Å². The molecule has 0 aliphatic rings. The number of hydrogen-bond donors (Lipinski definition) is 2. The maximum atomic E-state index is 12.5. The van der Waals surface area contributed by atoms with Crippen LogP contribution in [0.5, 0.6) is 0 Å². The van der Waals surface area contributed by atoms with E-state index in [2.05, 4.69) is 15.0 Å². The minimum atomic E-state index is -3.70. The van der Waals surface area contributed by atoms with Gasteiger partial charge in [0.2, 0.25) is 0 Å². The molecule has 0 bridgehead atoms. The monoisotopic (exact) mass is 367 g/mol. The van der Waals surface area contributed by atoms with Gasteiger partial charge in [0.25, 0.3) is 15.9 Å². The van der Waals surface area contributed by atoms with Crippen molar-refractivity contribution in [2.24, 2.45) is 0 Å². The molecule has 0 atom stereocenters. The molecule has 7 heteroatoms. The predicted octanol–water partition coefficient (Wildman–Crippen LogP) is 3.44. The largest absolute Gasteiger partial charge is 0.321 e. The second-order valence-electron chi connectivity index (χ2n) is 5.67. The third kappa shape index (κ3) is 4.25. The highest BCUT2D eigenvalue weighted by atomic mass is 32.2. The number of sulfonamides is 1. The van der Waals surface area contributed by atoms with Crippen molar-refractivity contribution in [3.8, 4) is 0 Å². The lowest BCUT2D eigenvalue weighted by Gasteiger charge is -2.10. The van der Waals surface area contributed by atoms with E-state index in [9.17, 15) is 13.2 Å². The maximum Gasteiger partial charge on any atom is 0.274 e. The van der Waals surface area contributed by atoms with Gasteiger partial charge in [-0.25, -0.2) is 8.42 Å². The van der Waals surface area contributed by atoms with Gasteiger partial charge in [-0.3, -0.25) is 14.5 Å². The first-order valence-electron chi connectivity index (χ1n) is 7.86. The van der Waals surface area contributed by atoms with Crippen molar-refractivity contribution < 1.29 is 13.2 Å². The number of rotatable bonds is 5. The normalized spacial score (nSPS) is 11.0. The molecular weight excluding hydrogens is 350 g/mol. The van der Waals surface area contributed by atoms with Crippen molar-refractivity contribution in [2.45, 2.75) is 11.8 Å². The van der Waals surface area contributed by atoms with Crippen molar-refractivity contribution in [2.75, 3.05) is 10.0 Å². The second kappa shape index (κ2) is 7.37. The summed E-state index contributed by atoms with van der Waals surface area (Å²) in [5.74, 6) is -0.362. The number of anilines is 2. The van der Waals surface area contributed by atoms with E-state index >= 15 is 0 Å². The summed E-state index contributed by atoms with van der Waals surface area (Å²) in [7, 11) is -3.70. The quantitative estimate of drug-likeness (QED) is 0.723. The van der Waals surface area contributed by atoms with Gasteiger partial charge in [0, 0.05) is 17.6 Å². The van der Waals surface area contributed by atoms with E-state index in [1.807, 2.05) is 13.0 Å². The first kappa shape index (κ1) is 17.6. The van der Waals surface area contributed by atoms with E-state index in [4.69, 9.17) is 0 Å². The summed E-state index contributed by atoms with van der Waals surface area (Å²) >= 11 is 0. The molecule has 1 aromatic heterocycles. The Bertz CT molecular complexity index is 1020. The number of aryl methyl sites for hydroxylation is 1. The first-order chi connectivity index (χ1) is 12.4. The van der Waals surface area contributed by atoms with Gasteiger partial charge in [0.15, 0.2) is 0 Å². The van der Waals surface area contributed by atoms with Crippen LogP contribution in [0.1, 0.15) is 16.1 Å². The van der Waals surface area contributed by atoms with E-state index in [0.717, 1.165) is 5.56 Å². The van der Waals surface area contributed by atoms with Gasteiger partial charge in [-0.05, 0) is 61.0 Å². The number of pyridine rings is 1. The summed E-state index contributed by atoms with van der Waals surface area (Å²) in [5, 5.41) is 2.68. The van der Waals surface area contributed by atoms with Crippen molar-refractivity contribution in [3.63, 3.8) is 0 Å². The van der Waals surface area contributed by atoms with E-state index < -0.39 is 10.0 Å². The van der Waals surface area contributed by atoms with Crippen LogP contribution >= 0.6 is 0 Å². The highest BCUT2D eigenvalue weighted by Gasteiger charge is 2.14. The Morgan fingerprint density at radius 2 is 1.69 bits per heavy atom. The average molecular weight is 367 g/mol. The number of benzene rings is 2. The lowest BCUT2D eigenvalue weighted by Crippen LogP contribution is -2.15. The number of carbonyl (C=O) groups is 1. The van der Waals surface area contributed by atoms with Gasteiger partial charge < -0.3 is 5.32 Å². The highest BCUT2D eigenvalue weighted by molar-refractivity contribution is 7.92. The Morgan fingerprint density at radius 1 is 0.923 bits per heavy atom. The molecule has 2 aromatic carbocycles. The van der Waals surface area contributed by atoms with Crippen molar-refractivity contribution in [3.05, 3.63) is 84.2 Å². The third-order valence-corrected chi connectivity index (χ3v) is 4.99. The lowest BCUT2D eigenvalue weighted by atomic mass is 10.2. The highest BCUT2D eigenvalue weighted by Crippen LogP contribution is 2.19. The van der Waals surface area contributed by atoms with Gasteiger partial charge in [0.1, 0.15) is 5.69 Å². The van der Waals surface area contributed by atoms with E-state index in [1.165, 1.54) is 30.5 Å². The molecule has 26 heavy (non-hydrogen) atoms. The molecule has 0 saturated carbocycles. The molecule has 0 aliphatic carbocycles. The fraction of sp³-hybridized carbons (Fsp3) is 0.0526. The summed E-state index contributed by atoms with van der Waals surface area (Å²) in [4.78, 5) is 16.1. The molecule has 0 radical (unpaired) electrons. The van der Waals surface area contributed by atoms with Crippen LogP contribution in [-0.2, 0) is 10.0 Å². The van der Waals surface area contributed by atoms with E-state index in [1.54, 1.807) is 36.4 Å². The van der Waals surface area contributed by atoms with Gasteiger partial charge in [-0.2, -0.15) is 0 Å². The zero-order valence-electron chi connectivity index (χ0n) is 14.0. The van der Waals surface area contributed by atoms with Gasteiger partial charge in [-0.1, -0.05) is 18.2 Å². The number of amides is 1. The molecule has 1 amide bonds.